The average Bonchev–Trinajstić information content (AvgIpc) is 2.68. The monoisotopic (exact) mass is 366 g/mol. The van der Waals surface area contributed by atoms with E-state index in [1.54, 1.807) is 20.0 Å². The molecular weight excluding hydrogens is 340 g/mol. The highest BCUT2D eigenvalue weighted by Gasteiger charge is 2.25. The Labute approximate surface area is 160 Å². The van der Waals surface area contributed by atoms with Crippen LogP contribution in [0.1, 0.15) is 32.2 Å². The zero-order valence-corrected chi connectivity index (χ0v) is 16.1. The van der Waals surface area contributed by atoms with E-state index in [1.165, 1.54) is 0 Å². The molecule has 0 aliphatic carbocycles. The number of piperazine rings is 1. The summed E-state index contributed by atoms with van der Waals surface area (Å²) in [6.07, 6.45) is 3.59. The number of aliphatic hydroxyl groups is 1. The summed E-state index contributed by atoms with van der Waals surface area (Å²) in [5, 5.41) is 10.1. The molecular formula is C21H26N4O2. The Morgan fingerprint density at radius 1 is 1.11 bits per heavy atom. The van der Waals surface area contributed by atoms with Gasteiger partial charge in [0, 0.05) is 37.9 Å². The van der Waals surface area contributed by atoms with E-state index in [4.69, 9.17) is 0 Å². The number of anilines is 1. The number of carbonyl (C=O) groups excluding carboxylic acids is 1. The van der Waals surface area contributed by atoms with Gasteiger partial charge in [-0.05, 0) is 38.5 Å². The van der Waals surface area contributed by atoms with Crippen LogP contribution in [0.25, 0.3) is 6.08 Å². The summed E-state index contributed by atoms with van der Waals surface area (Å²) in [4.78, 5) is 25.3. The first-order chi connectivity index (χ1) is 12.8. The zero-order chi connectivity index (χ0) is 19.4. The van der Waals surface area contributed by atoms with Crippen molar-refractivity contribution in [3.05, 3.63) is 59.6 Å². The Morgan fingerprint density at radius 3 is 2.41 bits per heavy atom. The van der Waals surface area contributed by atoms with Crippen LogP contribution in [0, 0.1) is 0 Å². The molecule has 1 aliphatic heterocycles. The van der Waals surface area contributed by atoms with E-state index in [0.29, 0.717) is 32.0 Å². The van der Waals surface area contributed by atoms with E-state index in [-0.39, 0.29) is 5.91 Å². The Hall–Kier alpha value is -2.73. The molecule has 2 aromatic rings. The summed E-state index contributed by atoms with van der Waals surface area (Å²) in [6, 6.07) is 11.7. The number of benzene rings is 1. The van der Waals surface area contributed by atoms with E-state index in [1.807, 2.05) is 54.3 Å². The lowest BCUT2D eigenvalue weighted by atomic mass is 10.1. The Bertz CT molecular complexity index is 820. The third kappa shape index (κ3) is 4.71. The minimum absolute atomic E-state index is 0.0679. The number of carbonyl (C=O) groups is 1. The number of rotatable bonds is 4. The molecule has 1 amide bonds. The maximum atomic E-state index is 12.7. The van der Waals surface area contributed by atoms with Gasteiger partial charge in [-0.3, -0.25) is 4.79 Å². The lowest BCUT2D eigenvalue weighted by Gasteiger charge is -2.35. The molecule has 1 saturated heterocycles. The van der Waals surface area contributed by atoms with Gasteiger partial charge in [-0.15, -0.1) is 0 Å². The van der Waals surface area contributed by atoms with Crippen molar-refractivity contribution in [1.29, 1.82) is 0 Å². The van der Waals surface area contributed by atoms with Gasteiger partial charge in [0.25, 0.3) is 0 Å². The molecule has 0 radical (unpaired) electrons. The molecule has 0 unspecified atom stereocenters. The van der Waals surface area contributed by atoms with E-state index >= 15 is 0 Å². The number of aromatic nitrogens is 2. The Morgan fingerprint density at radius 2 is 1.78 bits per heavy atom. The van der Waals surface area contributed by atoms with Crippen LogP contribution in [-0.4, -0.2) is 52.1 Å². The van der Waals surface area contributed by atoms with Gasteiger partial charge in [-0.1, -0.05) is 30.3 Å². The minimum atomic E-state index is -1.08. The number of nitrogens with zero attached hydrogens (tertiary/aromatic N) is 4. The van der Waals surface area contributed by atoms with E-state index < -0.39 is 5.60 Å². The maximum Gasteiger partial charge on any atom is 0.249 e. The fourth-order valence-corrected chi connectivity index (χ4v) is 3.07. The lowest BCUT2D eigenvalue weighted by molar-refractivity contribution is -0.127. The predicted molar refractivity (Wildman–Crippen MR) is 106 cm³/mol. The summed E-state index contributed by atoms with van der Waals surface area (Å²) in [5.41, 5.74) is 0.691. The summed E-state index contributed by atoms with van der Waals surface area (Å²) >= 11 is 0. The van der Waals surface area contributed by atoms with Crippen LogP contribution in [-0.2, 0) is 10.4 Å². The smallest absolute Gasteiger partial charge is 0.249 e. The molecule has 0 atom stereocenters. The second kappa shape index (κ2) is 7.88. The molecule has 1 aromatic carbocycles. The SMILES string of the molecule is C/C(=C\c1ccccc1)C(=O)N1CCN(c2ccnc(C(C)(C)O)n2)CC1. The second-order valence-corrected chi connectivity index (χ2v) is 7.31. The van der Waals surface area contributed by atoms with Crippen LogP contribution in [0.3, 0.4) is 0 Å². The molecule has 6 heteroatoms. The van der Waals surface area contributed by atoms with Crippen LogP contribution in [0.5, 0.6) is 0 Å². The molecule has 1 aliphatic rings. The van der Waals surface area contributed by atoms with Gasteiger partial charge < -0.3 is 14.9 Å². The van der Waals surface area contributed by atoms with Gasteiger partial charge >= 0.3 is 0 Å². The van der Waals surface area contributed by atoms with Crippen molar-refractivity contribution >= 4 is 17.8 Å². The van der Waals surface area contributed by atoms with Crippen molar-refractivity contribution < 1.29 is 9.90 Å². The number of hydrogen-bond acceptors (Lipinski definition) is 5. The first-order valence-electron chi connectivity index (χ1n) is 9.18. The fraction of sp³-hybridized carbons (Fsp3) is 0.381. The van der Waals surface area contributed by atoms with Gasteiger partial charge in [0.1, 0.15) is 11.4 Å². The van der Waals surface area contributed by atoms with Crippen LogP contribution in [0.4, 0.5) is 5.82 Å². The summed E-state index contributed by atoms with van der Waals surface area (Å²) in [6.45, 7) is 7.89. The van der Waals surface area contributed by atoms with Crippen molar-refractivity contribution in [1.82, 2.24) is 14.9 Å². The molecule has 142 valence electrons. The minimum Gasteiger partial charge on any atom is -0.382 e. The first kappa shape index (κ1) is 19.0. The van der Waals surface area contributed by atoms with Crippen LogP contribution in [0.2, 0.25) is 0 Å². The molecule has 1 N–H and O–H groups in total. The zero-order valence-electron chi connectivity index (χ0n) is 16.1. The maximum absolute atomic E-state index is 12.7. The Kier molecular flexibility index (Phi) is 5.56. The van der Waals surface area contributed by atoms with E-state index in [0.717, 1.165) is 17.0 Å². The largest absolute Gasteiger partial charge is 0.382 e. The van der Waals surface area contributed by atoms with E-state index in [9.17, 15) is 9.90 Å². The van der Waals surface area contributed by atoms with Gasteiger partial charge in [-0.2, -0.15) is 0 Å². The van der Waals surface area contributed by atoms with Crippen molar-refractivity contribution in [2.45, 2.75) is 26.4 Å². The van der Waals surface area contributed by atoms with Crippen LogP contribution < -0.4 is 4.90 Å². The van der Waals surface area contributed by atoms with Crippen molar-refractivity contribution in [3.8, 4) is 0 Å². The summed E-state index contributed by atoms with van der Waals surface area (Å²) in [5.74, 6) is 1.25. The molecule has 0 spiro atoms. The highest BCUT2D eigenvalue weighted by atomic mass is 16.3. The standard InChI is InChI=1S/C21H26N4O2/c1-16(15-17-7-5-4-6-8-17)19(26)25-13-11-24(12-14-25)18-9-10-22-20(23-18)21(2,3)27/h4-10,15,27H,11-14H2,1-3H3/b16-15+. The van der Waals surface area contributed by atoms with Crippen molar-refractivity contribution in [2.75, 3.05) is 31.1 Å². The van der Waals surface area contributed by atoms with Crippen molar-refractivity contribution in [2.24, 2.45) is 0 Å². The molecule has 2 heterocycles. The van der Waals surface area contributed by atoms with Gasteiger partial charge in [0.05, 0.1) is 0 Å². The molecule has 1 fully saturated rings. The lowest BCUT2D eigenvalue weighted by Crippen LogP contribution is -2.49. The van der Waals surface area contributed by atoms with E-state index in [2.05, 4.69) is 14.9 Å². The molecule has 0 saturated carbocycles. The van der Waals surface area contributed by atoms with Gasteiger partial charge in [0.15, 0.2) is 5.82 Å². The van der Waals surface area contributed by atoms with Crippen molar-refractivity contribution in [3.63, 3.8) is 0 Å². The average molecular weight is 366 g/mol. The summed E-state index contributed by atoms with van der Waals surface area (Å²) in [7, 11) is 0. The third-order valence-electron chi connectivity index (χ3n) is 4.60. The topological polar surface area (TPSA) is 69.6 Å². The van der Waals surface area contributed by atoms with Gasteiger partial charge in [-0.25, -0.2) is 9.97 Å². The predicted octanol–water partition coefficient (Wildman–Crippen LogP) is 2.46. The van der Waals surface area contributed by atoms with Crippen LogP contribution in [0.15, 0.2) is 48.2 Å². The number of amides is 1. The summed E-state index contributed by atoms with van der Waals surface area (Å²) < 4.78 is 0. The highest BCUT2D eigenvalue weighted by molar-refractivity contribution is 5.97. The first-order valence-corrected chi connectivity index (χ1v) is 9.18. The third-order valence-corrected chi connectivity index (χ3v) is 4.60. The van der Waals surface area contributed by atoms with Crippen LogP contribution >= 0.6 is 0 Å². The Balaban J connectivity index is 1.63. The molecule has 0 bridgehead atoms. The molecule has 6 nitrogen and oxygen atoms in total. The molecule has 3 rings (SSSR count). The quantitative estimate of drug-likeness (QED) is 0.842. The second-order valence-electron chi connectivity index (χ2n) is 7.31. The normalized spacial score (nSPS) is 15.8. The molecule has 27 heavy (non-hydrogen) atoms. The molecule has 1 aromatic heterocycles. The van der Waals surface area contributed by atoms with Gasteiger partial charge in [0.2, 0.25) is 5.91 Å². The highest BCUT2D eigenvalue weighted by Crippen LogP contribution is 2.20. The fourth-order valence-electron chi connectivity index (χ4n) is 3.07. The number of hydrogen-bond donors (Lipinski definition) is 1.